The van der Waals surface area contributed by atoms with Crippen LogP contribution in [0.25, 0.3) is 0 Å². The maximum Gasteiger partial charge on any atom is 0.472 e. The normalized spacial score (nSPS) is 20.5. The molecule has 1 aliphatic carbocycles. The fraction of sp³-hybridized carbons (Fsp3) is 0.600. The minimum absolute atomic E-state index is 0. The molecule has 7 N–H and O–H groups in total. The van der Waals surface area contributed by atoms with Crippen molar-refractivity contribution in [3.05, 3.63) is 0 Å². The molecule has 1 saturated carbocycles. The van der Waals surface area contributed by atoms with Gasteiger partial charge in [0.2, 0.25) is 0 Å². The van der Waals surface area contributed by atoms with Gasteiger partial charge in [0.1, 0.15) is 43.2 Å². The second-order valence-corrected chi connectivity index (χ2v) is 15.3. The van der Waals surface area contributed by atoms with Gasteiger partial charge in [-0.25, -0.2) is 13.9 Å². The molecule has 0 aromatic carbocycles. The molecule has 0 aromatic rings. The van der Waals surface area contributed by atoms with Crippen LogP contribution < -0.4 is 0 Å². The van der Waals surface area contributed by atoms with Crippen LogP contribution in [0.1, 0.15) is 115 Å². The van der Waals surface area contributed by atoms with Gasteiger partial charge in [0.05, 0.1) is 6.61 Å². The van der Waals surface area contributed by atoms with E-state index in [4.69, 9.17) is 34.7 Å². The minimum Gasteiger partial charge on any atom is -0.456 e. The predicted molar refractivity (Wildman–Crippen MR) is 246 cm³/mol. The maximum atomic E-state index is 12.8. The summed E-state index contributed by atoms with van der Waals surface area (Å²) < 4.78 is 48.2. The first-order chi connectivity index (χ1) is 27.6. The first-order valence-electron chi connectivity index (χ1n) is 18.6. The lowest BCUT2D eigenvalue weighted by molar-refractivity contribution is -0.216. The van der Waals surface area contributed by atoms with Gasteiger partial charge < -0.3 is 44.6 Å². The fourth-order valence-corrected chi connectivity index (χ4v) is 6.74. The number of carbonyl (C=O) groups is 2. The molecule has 1 rings (SSSR count). The van der Waals surface area contributed by atoms with Crippen LogP contribution in [0.4, 0.5) is 0 Å². The smallest absolute Gasteiger partial charge is 0.456 e. The van der Waals surface area contributed by atoms with Gasteiger partial charge in [-0.2, -0.15) is 13.5 Å². The van der Waals surface area contributed by atoms with Gasteiger partial charge in [0, 0.05) is 30.9 Å². The molecule has 1 fully saturated rings. The zero-order valence-corrected chi connectivity index (χ0v) is 35.4. The summed E-state index contributed by atoms with van der Waals surface area (Å²) in [5, 5.41) is 41.2. The van der Waals surface area contributed by atoms with E-state index in [0.717, 1.165) is 32.1 Å². The highest BCUT2D eigenvalue weighted by molar-refractivity contribution is 7.59. The third-order valence-corrected chi connectivity index (χ3v) is 9.53. The Balaban J connectivity index is -0.000000200. The molecule has 0 aliphatic heterocycles. The Morgan fingerprint density at radius 2 is 1.03 bits per heavy atom. The van der Waals surface area contributed by atoms with Crippen LogP contribution in [0, 0.1) is 83.4 Å². The number of phosphoric ester groups is 2. The van der Waals surface area contributed by atoms with Crippen molar-refractivity contribution in [3.63, 3.8) is 0 Å². The maximum absolute atomic E-state index is 12.8. The SMILES string of the molecule is C#CC#CC#CC#CC#CC#CC#CC(=O)OC[C@H](COP(=O)(O)OC1C(O)[C@H](O)C(OP(=O)(O)O)C(O)[C@@H]1O)OC(=O)CCCCCCCCCCCCCCC.S.[HH].[HH].[HH].[HH].[HH].[HH].[HH].[HH].[HH].[HH].[HH].[HH].[HH]. The Hall–Kier alpha value is -3.73. The van der Waals surface area contributed by atoms with Crippen molar-refractivity contribution in [1.82, 2.24) is 0 Å². The molecule has 0 spiro atoms. The third-order valence-electron chi connectivity index (χ3n) is 8.03. The minimum atomic E-state index is -5.35. The number of carbonyl (C=O) groups excluding carboxylic acids is 2. The monoisotopic (exact) mass is 908 g/mol. The molecule has 0 bridgehead atoms. The number of ether oxygens (including phenoxy) is 2. The largest absolute Gasteiger partial charge is 0.472 e. The standard InChI is InChI=1S/C40H50O16P2.H2S.13H2/c1-3-5-7-9-11-13-15-17-19-21-23-25-27-29-34(42)54-32(30-52-33(41)28-26-24-22-20-18-16-14-12-10-8-6-4-2)31-53-58(50,51)56-40-37(45)35(43)39(36(44)38(40)46)55-57(47,48)49;;;;;;;;;;;;;;/h2,32,35-40,43-46H,3,5,7,9,11,13,15,17,19,21,23,25,27,29-31H2,1H3,(H,50,51)(H2,47,48,49);1H2;13*1H/t32-,35+,36?,37?,38+,39?,40?;;;;;;;;;;;;;;/m1............../s1. The van der Waals surface area contributed by atoms with Gasteiger partial charge in [-0.05, 0) is 77.5 Å². The first kappa shape index (κ1) is 55.3. The molecule has 0 radical (unpaired) electrons. The topological polar surface area (TPSA) is 256 Å². The van der Waals surface area contributed by atoms with Crippen LogP contribution in [0.15, 0.2) is 0 Å². The summed E-state index contributed by atoms with van der Waals surface area (Å²) in [6.45, 7) is 0.532. The number of terminal acetylenes is 1. The summed E-state index contributed by atoms with van der Waals surface area (Å²) in [5.74, 6) is 27.9. The zero-order valence-electron chi connectivity index (χ0n) is 32.6. The van der Waals surface area contributed by atoms with E-state index < -0.39 is 83.5 Å². The Labute approximate surface area is 372 Å². The van der Waals surface area contributed by atoms with Crippen LogP contribution in [0.2, 0.25) is 0 Å². The second kappa shape index (κ2) is 32.1. The van der Waals surface area contributed by atoms with E-state index in [0.29, 0.717) is 6.42 Å². The summed E-state index contributed by atoms with van der Waals surface area (Å²) in [4.78, 5) is 53.3. The predicted octanol–water partition coefficient (Wildman–Crippen LogP) is 5.32. The van der Waals surface area contributed by atoms with E-state index in [9.17, 15) is 44.0 Å². The van der Waals surface area contributed by atoms with Crippen molar-refractivity contribution in [2.45, 2.75) is 140 Å². The highest BCUT2D eigenvalue weighted by Gasteiger charge is 2.54. The van der Waals surface area contributed by atoms with E-state index in [1.807, 2.05) is 5.92 Å². The molecule has 59 heavy (non-hydrogen) atoms. The first-order valence-corrected chi connectivity index (χ1v) is 21.6. The van der Waals surface area contributed by atoms with Gasteiger partial charge in [-0.3, -0.25) is 18.4 Å². The van der Waals surface area contributed by atoms with Crippen LogP contribution >= 0.6 is 29.1 Å². The van der Waals surface area contributed by atoms with Crippen LogP contribution in [-0.4, -0.2) is 103 Å². The van der Waals surface area contributed by atoms with E-state index in [-0.39, 0.29) is 38.5 Å². The molecular formula is C40H78O16P2S. The molecule has 16 nitrogen and oxygen atoms in total. The van der Waals surface area contributed by atoms with E-state index in [1.165, 1.54) is 44.9 Å². The van der Waals surface area contributed by atoms with Crippen molar-refractivity contribution in [2.24, 2.45) is 0 Å². The average molecular weight is 909 g/mol. The molecule has 5 unspecified atom stereocenters. The quantitative estimate of drug-likeness (QED) is 0.0213. The Morgan fingerprint density at radius 1 is 0.627 bits per heavy atom. The molecule has 0 saturated heterocycles. The lowest BCUT2D eigenvalue weighted by Gasteiger charge is -2.43. The number of hydrogen-bond donors (Lipinski definition) is 7. The van der Waals surface area contributed by atoms with E-state index in [1.54, 1.807) is 0 Å². The summed E-state index contributed by atoms with van der Waals surface area (Å²) in [6.07, 6.45) is 3.85. The molecule has 19 heteroatoms. The van der Waals surface area contributed by atoms with Gasteiger partial charge in [0.15, 0.2) is 6.10 Å². The Morgan fingerprint density at radius 3 is 1.47 bits per heavy atom. The van der Waals surface area contributed by atoms with Crippen molar-refractivity contribution in [2.75, 3.05) is 13.2 Å². The van der Waals surface area contributed by atoms with E-state index in [2.05, 4.69) is 82.5 Å². The van der Waals surface area contributed by atoms with Crippen molar-refractivity contribution in [3.8, 4) is 83.4 Å². The number of aliphatic hydroxyl groups excluding tert-OH is 4. The summed E-state index contributed by atoms with van der Waals surface area (Å²) >= 11 is 0. The van der Waals surface area contributed by atoms with Crippen LogP contribution in [-0.2, 0) is 41.8 Å². The number of hydrogen-bond acceptors (Lipinski definition) is 13. The zero-order chi connectivity index (χ0) is 43.2. The number of phosphoric acid groups is 2. The van der Waals surface area contributed by atoms with Gasteiger partial charge in [0.25, 0.3) is 0 Å². The molecule has 0 heterocycles. The third kappa shape index (κ3) is 26.9. The number of rotatable bonds is 24. The Kier molecular flexibility index (Phi) is 30.1. The lowest BCUT2D eigenvalue weighted by atomic mass is 9.85. The van der Waals surface area contributed by atoms with Gasteiger partial charge in [-0.1, -0.05) is 84.0 Å². The second-order valence-electron chi connectivity index (χ2n) is 12.7. The fourth-order valence-electron chi connectivity index (χ4n) is 5.20. The highest BCUT2D eigenvalue weighted by atomic mass is 32.1. The molecule has 0 aromatic heterocycles. The van der Waals surface area contributed by atoms with Gasteiger partial charge >= 0.3 is 27.6 Å². The number of unbranched alkanes of at least 4 members (excludes halogenated alkanes) is 12. The van der Waals surface area contributed by atoms with Crippen molar-refractivity contribution < 1.29 is 95.4 Å². The van der Waals surface area contributed by atoms with Crippen molar-refractivity contribution >= 4 is 41.1 Å². The number of esters is 2. The molecule has 8 atom stereocenters. The summed E-state index contributed by atoms with van der Waals surface area (Å²) in [6, 6.07) is 0. The number of aliphatic hydroxyl groups is 4. The molecule has 1 aliphatic rings. The lowest BCUT2D eigenvalue weighted by Crippen LogP contribution is -2.64. The average Bonchev–Trinajstić information content (AvgIpc) is 3.17. The van der Waals surface area contributed by atoms with Crippen LogP contribution in [0.5, 0.6) is 0 Å². The van der Waals surface area contributed by atoms with Crippen LogP contribution in [0.3, 0.4) is 0 Å². The molecule has 0 amide bonds. The summed E-state index contributed by atoms with van der Waals surface area (Å²) in [7, 11) is -10.7. The van der Waals surface area contributed by atoms with Gasteiger partial charge in [-0.15, -0.1) is 6.42 Å². The molecular weight excluding hydrogens is 830 g/mol. The summed E-state index contributed by atoms with van der Waals surface area (Å²) in [5.41, 5.74) is 0. The highest BCUT2D eigenvalue weighted by Crippen LogP contribution is 2.48. The Bertz CT molecular complexity index is 1870. The molecule has 350 valence electrons. The van der Waals surface area contributed by atoms with Crippen molar-refractivity contribution in [1.29, 1.82) is 0 Å². The van der Waals surface area contributed by atoms with E-state index >= 15 is 0 Å².